The van der Waals surface area contributed by atoms with Crippen molar-refractivity contribution in [3.63, 3.8) is 0 Å². The van der Waals surface area contributed by atoms with Crippen molar-refractivity contribution in [1.82, 2.24) is 5.32 Å². The zero-order chi connectivity index (χ0) is 8.81. The summed E-state index contributed by atoms with van der Waals surface area (Å²) in [6.45, 7) is 3.99. The van der Waals surface area contributed by atoms with Crippen LogP contribution in [0, 0.1) is 0 Å². The zero-order valence-corrected chi connectivity index (χ0v) is 8.57. The van der Waals surface area contributed by atoms with Crippen molar-refractivity contribution in [3.8, 4) is 0 Å². The van der Waals surface area contributed by atoms with E-state index >= 15 is 0 Å². The SMILES string of the molecule is CCCCCSC1CNCC1O. The van der Waals surface area contributed by atoms with E-state index in [9.17, 15) is 5.11 Å². The molecule has 0 amide bonds. The molecular formula is C9H19NOS. The quantitative estimate of drug-likeness (QED) is 0.638. The van der Waals surface area contributed by atoms with Gasteiger partial charge in [0, 0.05) is 18.3 Å². The van der Waals surface area contributed by atoms with E-state index in [4.69, 9.17) is 0 Å². The van der Waals surface area contributed by atoms with Gasteiger partial charge in [-0.25, -0.2) is 0 Å². The predicted molar refractivity (Wildman–Crippen MR) is 54.6 cm³/mol. The first kappa shape index (κ1) is 10.4. The maximum absolute atomic E-state index is 9.46. The molecule has 2 nitrogen and oxygen atoms in total. The Morgan fingerprint density at radius 2 is 2.25 bits per heavy atom. The molecule has 1 aliphatic rings. The third-order valence-corrected chi connectivity index (χ3v) is 3.64. The van der Waals surface area contributed by atoms with Gasteiger partial charge in [0.15, 0.2) is 0 Å². The van der Waals surface area contributed by atoms with Crippen LogP contribution in [0.3, 0.4) is 0 Å². The molecule has 1 rings (SSSR count). The van der Waals surface area contributed by atoms with Crippen molar-refractivity contribution in [2.24, 2.45) is 0 Å². The second-order valence-electron chi connectivity index (χ2n) is 3.34. The first-order valence-electron chi connectivity index (χ1n) is 4.85. The van der Waals surface area contributed by atoms with Crippen LogP contribution in [0.4, 0.5) is 0 Å². The molecule has 2 atom stereocenters. The van der Waals surface area contributed by atoms with E-state index in [1.54, 1.807) is 0 Å². The molecular weight excluding hydrogens is 170 g/mol. The highest BCUT2D eigenvalue weighted by Gasteiger charge is 2.24. The number of unbranched alkanes of at least 4 members (excludes halogenated alkanes) is 2. The van der Waals surface area contributed by atoms with Gasteiger partial charge in [0.2, 0.25) is 0 Å². The minimum Gasteiger partial charge on any atom is -0.391 e. The number of nitrogens with one attached hydrogen (secondary N) is 1. The standard InChI is InChI=1S/C9H19NOS/c1-2-3-4-5-12-9-7-10-6-8(9)11/h8-11H,2-7H2,1H3. The molecule has 0 aromatic rings. The first-order chi connectivity index (χ1) is 5.84. The molecule has 1 aliphatic heterocycles. The number of aliphatic hydroxyl groups is 1. The molecule has 1 fully saturated rings. The molecule has 0 bridgehead atoms. The lowest BCUT2D eigenvalue weighted by Crippen LogP contribution is -2.20. The lowest BCUT2D eigenvalue weighted by atomic mass is 10.3. The molecule has 0 spiro atoms. The van der Waals surface area contributed by atoms with Gasteiger partial charge in [-0.15, -0.1) is 0 Å². The fraction of sp³-hybridized carbons (Fsp3) is 1.00. The average Bonchev–Trinajstić information content (AvgIpc) is 2.46. The van der Waals surface area contributed by atoms with Crippen molar-refractivity contribution in [2.45, 2.75) is 37.5 Å². The Balaban J connectivity index is 1.98. The Kier molecular flexibility index (Phi) is 5.04. The van der Waals surface area contributed by atoms with Crippen LogP contribution in [0.2, 0.25) is 0 Å². The summed E-state index contributed by atoms with van der Waals surface area (Å²) in [5.74, 6) is 1.21. The number of aliphatic hydroxyl groups excluding tert-OH is 1. The number of rotatable bonds is 5. The second-order valence-corrected chi connectivity index (χ2v) is 4.69. The van der Waals surface area contributed by atoms with E-state index in [2.05, 4.69) is 12.2 Å². The first-order valence-corrected chi connectivity index (χ1v) is 5.90. The van der Waals surface area contributed by atoms with Gasteiger partial charge >= 0.3 is 0 Å². The lowest BCUT2D eigenvalue weighted by Gasteiger charge is -2.11. The topological polar surface area (TPSA) is 32.3 Å². The van der Waals surface area contributed by atoms with Gasteiger partial charge in [0.25, 0.3) is 0 Å². The van der Waals surface area contributed by atoms with Crippen LogP contribution in [0.25, 0.3) is 0 Å². The highest BCUT2D eigenvalue weighted by atomic mass is 32.2. The minimum atomic E-state index is -0.114. The fourth-order valence-corrected chi connectivity index (χ4v) is 2.63. The van der Waals surface area contributed by atoms with Gasteiger partial charge < -0.3 is 10.4 Å². The van der Waals surface area contributed by atoms with Crippen LogP contribution >= 0.6 is 11.8 Å². The Morgan fingerprint density at radius 1 is 1.42 bits per heavy atom. The maximum Gasteiger partial charge on any atom is 0.0795 e. The highest BCUT2D eigenvalue weighted by molar-refractivity contribution is 8.00. The summed E-state index contributed by atoms with van der Waals surface area (Å²) in [5, 5.41) is 13.1. The Morgan fingerprint density at radius 3 is 2.83 bits per heavy atom. The third-order valence-electron chi connectivity index (χ3n) is 2.21. The summed E-state index contributed by atoms with van der Waals surface area (Å²) in [6, 6.07) is 0. The largest absolute Gasteiger partial charge is 0.391 e. The molecule has 0 aliphatic carbocycles. The molecule has 72 valence electrons. The molecule has 0 saturated carbocycles. The summed E-state index contributed by atoms with van der Waals surface area (Å²) in [7, 11) is 0. The van der Waals surface area contributed by atoms with Crippen molar-refractivity contribution < 1.29 is 5.11 Å². The van der Waals surface area contributed by atoms with E-state index in [1.807, 2.05) is 11.8 Å². The van der Waals surface area contributed by atoms with Crippen LogP contribution in [-0.2, 0) is 0 Å². The van der Waals surface area contributed by atoms with Gasteiger partial charge in [-0.3, -0.25) is 0 Å². The third kappa shape index (κ3) is 3.33. The normalized spacial score (nSPS) is 29.5. The Bertz CT molecular complexity index is 121. The average molecular weight is 189 g/mol. The Hall–Kier alpha value is 0.270. The fourth-order valence-electron chi connectivity index (χ4n) is 1.40. The monoisotopic (exact) mass is 189 g/mol. The van der Waals surface area contributed by atoms with Crippen molar-refractivity contribution in [2.75, 3.05) is 18.8 Å². The maximum atomic E-state index is 9.46. The van der Waals surface area contributed by atoms with E-state index in [0.717, 1.165) is 13.1 Å². The van der Waals surface area contributed by atoms with Crippen LogP contribution in [0.1, 0.15) is 26.2 Å². The van der Waals surface area contributed by atoms with Gasteiger partial charge in [-0.2, -0.15) is 11.8 Å². The summed E-state index contributed by atoms with van der Waals surface area (Å²) >= 11 is 1.92. The molecule has 3 heteroatoms. The van der Waals surface area contributed by atoms with Crippen molar-refractivity contribution >= 4 is 11.8 Å². The van der Waals surface area contributed by atoms with Gasteiger partial charge in [-0.05, 0) is 12.2 Å². The molecule has 1 saturated heterocycles. The smallest absolute Gasteiger partial charge is 0.0795 e. The van der Waals surface area contributed by atoms with Gasteiger partial charge in [-0.1, -0.05) is 19.8 Å². The highest BCUT2D eigenvalue weighted by Crippen LogP contribution is 2.19. The predicted octanol–water partition coefficient (Wildman–Crippen LogP) is 1.24. The Labute approximate surface area is 79.1 Å². The molecule has 0 aromatic heterocycles. The lowest BCUT2D eigenvalue weighted by molar-refractivity contribution is 0.201. The van der Waals surface area contributed by atoms with Crippen LogP contribution in [-0.4, -0.2) is 35.3 Å². The molecule has 0 radical (unpaired) electrons. The van der Waals surface area contributed by atoms with Crippen LogP contribution in [0.15, 0.2) is 0 Å². The van der Waals surface area contributed by atoms with E-state index < -0.39 is 0 Å². The van der Waals surface area contributed by atoms with Crippen LogP contribution in [0.5, 0.6) is 0 Å². The van der Waals surface area contributed by atoms with Crippen LogP contribution < -0.4 is 5.32 Å². The number of hydrogen-bond acceptors (Lipinski definition) is 3. The summed E-state index contributed by atoms with van der Waals surface area (Å²) in [5.41, 5.74) is 0. The van der Waals surface area contributed by atoms with E-state index in [0.29, 0.717) is 5.25 Å². The minimum absolute atomic E-state index is 0.114. The molecule has 2 unspecified atom stereocenters. The zero-order valence-electron chi connectivity index (χ0n) is 7.75. The molecule has 1 heterocycles. The molecule has 2 N–H and O–H groups in total. The summed E-state index contributed by atoms with van der Waals surface area (Å²) in [6.07, 6.45) is 3.79. The van der Waals surface area contributed by atoms with E-state index in [-0.39, 0.29) is 6.10 Å². The van der Waals surface area contributed by atoms with E-state index in [1.165, 1.54) is 25.0 Å². The number of thioether (sulfide) groups is 1. The number of hydrogen-bond donors (Lipinski definition) is 2. The molecule has 12 heavy (non-hydrogen) atoms. The van der Waals surface area contributed by atoms with Gasteiger partial charge in [0.05, 0.1) is 6.10 Å². The summed E-state index contributed by atoms with van der Waals surface area (Å²) in [4.78, 5) is 0. The number of β-amino-alcohol motifs (C(OH)–C–C–N with tert-alkyl or cyclic N) is 1. The second kappa shape index (κ2) is 5.84. The van der Waals surface area contributed by atoms with Crippen molar-refractivity contribution in [3.05, 3.63) is 0 Å². The van der Waals surface area contributed by atoms with Gasteiger partial charge in [0.1, 0.15) is 0 Å². The molecule has 0 aromatic carbocycles. The van der Waals surface area contributed by atoms with Crippen molar-refractivity contribution in [1.29, 1.82) is 0 Å². The summed E-state index contributed by atoms with van der Waals surface area (Å²) < 4.78 is 0.